The Morgan fingerprint density at radius 1 is 1.29 bits per heavy atom. The van der Waals surface area contributed by atoms with Gasteiger partial charge in [-0.2, -0.15) is 0 Å². The number of halogens is 1. The molecule has 0 spiro atoms. The van der Waals surface area contributed by atoms with Crippen LogP contribution in [0, 0.1) is 3.57 Å². The number of nitrogen functional groups attached to an aromatic ring is 1. The highest BCUT2D eigenvalue weighted by atomic mass is 127. The van der Waals surface area contributed by atoms with Crippen molar-refractivity contribution in [2.45, 2.75) is 20.3 Å². The topological polar surface area (TPSA) is 41.3 Å². The third-order valence-electron chi connectivity index (χ3n) is 2.87. The van der Waals surface area contributed by atoms with E-state index in [9.17, 15) is 0 Å². The summed E-state index contributed by atoms with van der Waals surface area (Å²) in [7, 11) is 0. The second-order valence-electron chi connectivity index (χ2n) is 4.04. The normalized spacial score (nSPS) is 10.8. The van der Waals surface area contributed by atoms with Gasteiger partial charge < -0.3 is 16.0 Å². The summed E-state index contributed by atoms with van der Waals surface area (Å²) in [4.78, 5) is 2.43. The second kappa shape index (κ2) is 7.76. The van der Waals surface area contributed by atoms with E-state index in [0.717, 1.165) is 44.0 Å². The van der Waals surface area contributed by atoms with Crippen molar-refractivity contribution in [2.24, 2.45) is 0 Å². The molecule has 0 atom stereocenters. The van der Waals surface area contributed by atoms with Gasteiger partial charge in [-0.05, 0) is 66.8 Å². The molecule has 1 rings (SSSR count). The molecule has 1 aromatic rings. The highest BCUT2D eigenvalue weighted by molar-refractivity contribution is 14.1. The molecule has 0 aromatic heterocycles. The molecule has 0 radical (unpaired) electrons. The van der Waals surface area contributed by atoms with Gasteiger partial charge in [-0.25, -0.2) is 0 Å². The lowest BCUT2D eigenvalue weighted by molar-refractivity contribution is 0.303. The predicted octanol–water partition coefficient (Wildman–Crippen LogP) is 3.02. The van der Waals surface area contributed by atoms with Crippen LogP contribution in [0.4, 0.5) is 11.4 Å². The van der Waals surface area contributed by atoms with Crippen molar-refractivity contribution in [3.8, 4) is 0 Å². The highest BCUT2D eigenvalue weighted by Crippen LogP contribution is 2.20. The Balaban J connectivity index is 2.31. The van der Waals surface area contributed by atoms with Crippen LogP contribution in [-0.2, 0) is 0 Å². The lowest BCUT2D eigenvalue weighted by Crippen LogP contribution is -2.25. The second-order valence-corrected chi connectivity index (χ2v) is 5.28. The molecule has 0 saturated carbocycles. The van der Waals surface area contributed by atoms with Crippen LogP contribution in [0.2, 0.25) is 0 Å². The molecular formula is C13H22IN3. The Labute approximate surface area is 118 Å². The van der Waals surface area contributed by atoms with Gasteiger partial charge in [-0.1, -0.05) is 13.8 Å². The molecule has 4 heteroatoms. The largest absolute Gasteiger partial charge is 0.397 e. The van der Waals surface area contributed by atoms with E-state index in [1.807, 2.05) is 6.07 Å². The number of nitrogens with zero attached hydrogens (tertiary/aromatic N) is 1. The Hall–Kier alpha value is -0.490. The lowest BCUT2D eigenvalue weighted by Gasteiger charge is -2.18. The molecule has 1 aromatic carbocycles. The standard InChI is InChI=1S/C13H22IN3/c1-3-17(4-2)9-5-8-16-13-7-6-11(14)10-12(13)15/h6-7,10,16H,3-5,8-9,15H2,1-2H3. The van der Waals surface area contributed by atoms with Crippen molar-refractivity contribution in [1.82, 2.24) is 4.90 Å². The fraction of sp³-hybridized carbons (Fsp3) is 0.538. The summed E-state index contributed by atoms with van der Waals surface area (Å²) >= 11 is 2.27. The van der Waals surface area contributed by atoms with Crippen LogP contribution in [0.5, 0.6) is 0 Å². The minimum absolute atomic E-state index is 0.833. The quantitative estimate of drug-likeness (QED) is 0.453. The molecule has 3 N–H and O–H groups in total. The van der Waals surface area contributed by atoms with Crippen molar-refractivity contribution < 1.29 is 0 Å². The first-order valence-electron chi connectivity index (χ1n) is 6.18. The molecule has 17 heavy (non-hydrogen) atoms. The zero-order valence-electron chi connectivity index (χ0n) is 10.7. The molecule has 0 heterocycles. The van der Waals surface area contributed by atoms with Crippen LogP contribution in [0.15, 0.2) is 18.2 Å². The fourth-order valence-corrected chi connectivity index (χ4v) is 2.28. The third kappa shape index (κ3) is 5.12. The van der Waals surface area contributed by atoms with Crippen LogP contribution in [0.25, 0.3) is 0 Å². The Morgan fingerprint density at radius 2 is 2.00 bits per heavy atom. The van der Waals surface area contributed by atoms with Gasteiger partial charge in [0, 0.05) is 10.1 Å². The summed E-state index contributed by atoms with van der Waals surface area (Å²) in [6.45, 7) is 8.78. The molecule has 96 valence electrons. The summed E-state index contributed by atoms with van der Waals surface area (Å²) in [5.74, 6) is 0. The van der Waals surface area contributed by atoms with Gasteiger partial charge in [-0.3, -0.25) is 0 Å². The van der Waals surface area contributed by atoms with Gasteiger partial charge >= 0.3 is 0 Å². The minimum atomic E-state index is 0.833. The average molecular weight is 347 g/mol. The molecule has 0 unspecified atom stereocenters. The third-order valence-corrected chi connectivity index (χ3v) is 3.55. The SMILES string of the molecule is CCN(CC)CCCNc1ccc(I)cc1N. The van der Waals surface area contributed by atoms with Crippen molar-refractivity contribution in [3.63, 3.8) is 0 Å². The number of rotatable bonds is 7. The van der Waals surface area contributed by atoms with Crippen molar-refractivity contribution in [1.29, 1.82) is 0 Å². The van der Waals surface area contributed by atoms with Crippen molar-refractivity contribution >= 4 is 34.0 Å². The number of nitrogens with one attached hydrogen (secondary N) is 1. The van der Waals surface area contributed by atoms with Crippen LogP contribution >= 0.6 is 22.6 Å². The molecule has 0 amide bonds. The van der Waals surface area contributed by atoms with E-state index in [1.165, 1.54) is 3.57 Å². The zero-order chi connectivity index (χ0) is 12.7. The van der Waals surface area contributed by atoms with Crippen molar-refractivity contribution in [2.75, 3.05) is 37.2 Å². The van der Waals surface area contributed by atoms with Crippen molar-refractivity contribution in [3.05, 3.63) is 21.8 Å². The number of hydrogen-bond acceptors (Lipinski definition) is 3. The van der Waals surface area contributed by atoms with Crippen LogP contribution in [0.1, 0.15) is 20.3 Å². The molecule has 0 saturated heterocycles. The molecule has 0 aliphatic rings. The van der Waals surface area contributed by atoms with Gasteiger partial charge in [0.15, 0.2) is 0 Å². The van der Waals surface area contributed by atoms with Gasteiger partial charge in [0.1, 0.15) is 0 Å². The molecule has 0 fully saturated rings. The predicted molar refractivity (Wildman–Crippen MR) is 84.5 cm³/mol. The number of anilines is 2. The van der Waals surface area contributed by atoms with Gasteiger partial charge in [0.25, 0.3) is 0 Å². The summed E-state index contributed by atoms with van der Waals surface area (Å²) in [5, 5.41) is 3.39. The summed E-state index contributed by atoms with van der Waals surface area (Å²) in [5.41, 5.74) is 7.82. The number of benzene rings is 1. The van der Waals surface area contributed by atoms with Crippen LogP contribution in [-0.4, -0.2) is 31.1 Å². The first kappa shape index (κ1) is 14.6. The van der Waals surface area contributed by atoms with E-state index in [4.69, 9.17) is 5.73 Å². The Bertz CT molecular complexity index is 337. The maximum absolute atomic E-state index is 5.94. The zero-order valence-corrected chi connectivity index (χ0v) is 12.8. The maximum atomic E-state index is 5.94. The van der Waals surface area contributed by atoms with E-state index in [0.29, 0.717) is 0 Å². The first-order valence-corrected chi connectivity index (χ1v) is 7.26. The monoisotopic (exact) mass is 347 g/mol. The molecule has 0 bridgehead atoms. The van der Waals surface area contributed by atoms with Gasteiger partial charge in [0.2, 0.25) is 0 Å². The average Bonchev–Trinajstić information content (AvgIpc) is 2.32. The summed E-state index contributed by atoms with van der Waals surface area (Å²) < 4.78 is 1.17. The van der Waals surface area contributed by atoms with E-state index in [-0.39, 0.29) is 0 Å². The van der Waals surface area contributed by atoms with Gasteiger partial charge in [0.05, 0.1) is 11.4 Å². The van der Waals surface area contributed by atoms with E-state index in [2.05, 4.69) is 58.8 Å². The van der Waals surface area contributed by atoms with E-state index < -0.39 is 0 Å². The first-order chi connectivity index (χ1) is 8.17. The molecule has 3 nitrogen and oxygen atoms in total. The Kier molecular flexibility index (Phi) is 6.65. The van der Waals surface area contributed by atoms with E-state index >= 15 is 0 Å². The van der Waals surface area contributed by atoms with Gasteiger partial charge in [-0.15, -0.1) is 0 Å². The molecular weight excluding hydrogens is 325 g/mol. The smallest absolute Gasteiger partial charge is 0.0574 e. The number of hydrogen-bond donors (Lipinski definition) is 2. The Morgan fingerprint density at radius 3 is 2.59 bits per heavy atom. The minimum Gasteiger partial charge on any atom is -0.397 e. The molecule has 0 aliphatic carbocycles. The molecule has 0 aliphatic heterocycles. The summed E-state index contributed by atoms with van der Waals surface area (Å²) in [6.07, 6.45) is 1.15. The number of nitrogens with two attached hydrogens (primary N) is 1. The van der Waals surface area contributed by atoms with Crippen LogP contribution < -0.4 is 11.1 Å². The highest BCUT2D eigenvalue weighted by Gasteiger charge is 2.00. The van der Waals surface area contributed by atoms with Crippen LogP contribution in [0.3, 0.4) is 0 Å². The fourth-order valence-electron chi connectivity index (χ4n) is 1.76. The summed E-state index contributed by atoms with van der Waals surface area (Å²) in [6, 6.07) is 6.12. The maximum Gasteiger partial charge on any atom is 0.0574 e. The lowest BCUT2D eigenvalue weighted by atomic mass is 10.2. The van der Waals surface area contributed by atoms with E-state index in [1.54, 1.807) is 0 Å².